The number of benzene rings is 1. The predicted molar refractivity (Wildman–Crippen MR) is 115 cm³/mol. The van der Waals surface area contributed by atoms with Crippen molar-refractivity contribution in [2.45, 2.75) is 44.7 Å². The molecule has 0 saturated heterocycles. The van der Waals surface area contributed by atoms with Gasteiger partial charge in [-0.15, -0.1) is 0 Å². The van der Waals surface area contributed by atoms with Gasteiger partial charge in [0.25, 0.3) is 5.56 Å². The number of hydrogen-bond acceptors (Lipinski definition) is 4. The van der Waals surface area contributed by atoms with Crippen LogP contribution in [0, 0.1) is 0 Å². The summed E-state index contributed by atoms with van der Waals surface area (Å²) in [5.41, 5.74) is 1.16. The third kappa shape index (κ3) is 5.73. The van der Waals surface area contributed by atoms with Crippen LogP contribution in [0.1, 0.15) is 37.7 Å². The van der Waals surface area contributed by atoms with E-state index in [0.717, 1.165) is 48.9 Å². The van der Waals surface area contributed by atoms with Gasteiger partial charge in [0.1, 0.15) is 5.75 Å². The molecule has 1 aromatic heterocycles. The summed E-state index contributed by atoms with van der Waals surface area (Å²) in [7, 11) is 5.57. The Balaban J connectivity index is 1.80. The van der Waals surface area contributed by atoms with Crippen molar-refractivity contribution in [3.63, 3.8) is 0 Å². The molecule has 0 aliphatic heterocycles. The maximum absolute atomic E-state index is 13.0. The van der Waals surface area contributed by atoms with E-state index >= 15 is 0 Å². The molecule has 0 unspecified atom stereocenters. The minimum absolute atomic E-state index is 0.0936. The fourth-order valence-electron chi connectivity index (χ4n) is 3.77. The molecule has 1 heterocycles. The standard InChI is InChI=1S/C22H32N4O3/c1-25(2)11-12-26(22(28)23-18-7-5-4-6-8-18)15-17-13-16-14-19(29-3)9-10-20(16)24-21(17)27/h9-10,13-14,18H,4-8,11-12,15H2,1-3H3,(H,23,28)(H,24,27). The third-order valence-corrected chi connectivity index (χ3v) is 5.53. The molecule has 7 nitrogen and oxygen atoms in total. The summed E-state index contributed by atoms with van der Waals surface area (Å²) in [6.07, 6.45) is 5.63. The van der Waals surface area contributed by atoms with Crippen LogP contribution in [0.3, 0.4) is 0 Å². The molecule has 1 aliphatic rings. The van der Waals surface area contributed by atoms with Crippen LogP contribution < -0.4 is 15.6 Å². The number of likely N-dealkylation sites (N-methyl/N-ethyl adjacent to an activating group) is 1. The van der Waals surface area contributed by atoms with E-state index in [0.29, 0.717) is 12.1 Å². The van der Waals surface area contributed by atoms with Gasteiger partial charge in [-0.25, -0.2) is 4.79 Å². The Hall–Kier alpha value is -2.54. The van der Waals surface area contributed by atoms with E-state index in [1.807, 2.05) is 43.3 Å². The van der Waals surface area contributed by atoms with Crippen molar-refractivity contribution in [2.75, 3.05) is 34.3 Å². The van der Waals surface area contributed by atoms with Crippen molar-refractivity contribution in [1.29, 1.82) is 0 Å². The first-order valence-electron chi connectivity index (χ1n) is 10.4. The lowest BCUT2D eigenvalue weighted by Gasteiger charge is -2.29. The summed E-state index contributed by atoms with van der Waals surface area (Å²) < 4.78 is 5.29. The number of pyridine rings is 1. The molecule has 0 atom stereocenters. The van der Waals surface area contributed by atoms with Crippen molar-refractivity contribution < 1.29 is 9.53 Å². The lowest BCUT2D eigenvalue weighted by atomic mass is 9.96. The molecule has 29 heavy (non-hydrogen) atoms. The highest BCUT2D eigenvalue weighted by Crippen LogP contribution is 2.20. The van der Waals surface area contributed by atoms with E-state index in [1.165, 1.54) is 6.42 Å². The van der Waals surface area contributed by atoms with Crippen molar-refractivity contribution in [2.24, 2.45) is 0 Å². The molecule has 2 N–H and O–H groups in total. The quantitative estimate of drug-likeness (QED) is 0.749. The lowest BCUT2D eigenvalue weighted by Crippen LogP contribution is -2.47. The van der Waals surface area contributed by atoms with Gasteiger partial charge in [0, 0.05) is 35.6 Å². The summed E-state index contributed by atoms with van der Waals surface area (Å²) >= 11 is 0. The summed E-state index contributed by atoms with van der Waals surface area (Å²) in [4.78, 5) is 32.3. The summed E-state index contributed by atoms with van der Waals surface area (Å²) in [5.74, 6) is 0.731. The zero-order valence-corrected chi connectivity index (χ0v) is 17.7. The summed E-state index contributed by atoms with van der Waals surface area (Å²) in [6, 6.07) is 7.53. The molecule has 7 heteroatoms. The molecule has 1 saturated carbocycles. The Labute approximate surface area is 172 Å². The number of amides is 2. The molecule has 1 aromatic carbocycles. The van der Waals surface area contributed by atoms with Gasteiger partial charge < -0.3 is 24.8 Å². The van der Waals surface area contributed by atoms with Gasteiger partial charge >= 0.3 is 6.03 Å². The number of aromatic amines is 1. The second-order valence-electron chi connectivity index (χ2n) is 8.09. The van der Waals surface area contributed by atoms with Crippen molar-refractivity contribution >= 4 is 16.9 Å². The number of H-pyrrole nitrogens is 1. The van der Waals surface area contributed by atoms with Gasteiger partial charge in [-0.3, -0.25) is 4.79 Å². The summed E-state index contributed by atoms with van der Waals surface area (Å²) in [5, 5.41) is 4.06. The van der Waals surface area contributed by atoms with Gasteiger partial charge in [0.05, 0.1) is 13.7 Å². The first-order valence-corrected chi connectivity index (χ1v) is 10.4. The number of methoxy groups -OCH3 is 1. The molecule has 158 valence electrons. The maximum atomic E-state index is 13.0. The van der Waals surface area contributed by atoms with E-state index in [2.05, 4.69) is 10.3 Å². The summed E-state index contributed by atoms with van der Waals surface area (Å²) in [6.45, 7) is 1.56. The highest BCUT2D eigenvalue weighted by molar-refractivity contribution is 5.81. The normalized spacial score (nSPS) is 14.9. The molecule has 2 aromatic rings. The van der Waals surface area contributed by atoms with Crippen LogP contribution in [-0.4, -0.2) is 61.2 Å². The monoisotopic (exact) mass is 400 g/mol. The van der Waals surface area contributed by atoms with Crippen molar-refractivity contribution in [1.82, 2.24) is 20.1 Å². The topological polar surface area (TPSA) is 77.7 Å². The molecule has 2 amide bonds. The van der Waals surface area contributed by atoms with Crippen LogP contribution in [-0.2, 0) is 6.54 Å². The van der Waals surface area contributed by atoms with Crippen LogP contribution in [0.4, 0.5) is 4.79 Å². The number of carbonyl (C=O) groups excluding carboxylic acids is 1. The highest BCUT2D eigenvalue weighted by Gasteiger charge is 2.21. The largest absolute Gasteiger partial charge is 0.497 e. The number of nitrogens with zero attached hydrogens (tertiary/aromatic N) is 2. The van der Waals surface area contributed by atoms with Crippen molar-refractivity contribution in [3.05, 3.63) is 40.2 Å². The number of nitrogens with one attached hydrogen (secondary N) is 2. The van der Waals surface area contributed by atoms with Gasteiger partial charge in [-0.1, -0.05) is 19.3 Å². The Morgan fingerprint density at radius 1 is 1.17 bits per heavy atom. The lowest BCUT2D eigenvalue weighted by molar-refractivity contribution is 0.181. The third-order valence-electron chi connectivity index (χ3n) is 5.53. The van der Waals surface area contributed by atoms with E-state index in [4.69, 9.17) is 4.74 Å². The van der Waals surface area contributed by atoms with E-state index in [1.54, 1.807) is 12.0 Å². The predicted octanol–water partition coefficient (Wildman–Crippen LogP) is 2.94. The zero-order valence-electron chi connectivity index (χ0n) is 17.7. The minimum Gasteiger partial charge on any atom is -0.497 e. The van der Waals surface area contributed by atoms with Crippen molar-refractivity contribution in [3.8, 4) is 5.75 Å². The van der Waals surface area contributed by atoms with E-state index < -0.39 is 0 Å². The number of urea groups is 1. The zero-order chi connectivity index (χ0) is 20.8. The molecular weight excluding hydrogens is 368 g/mol. The second kappa shape index (κ2) is 9.78. The Bertz CT molecular complexity index is 887. The first kappa shape index (κ1) is 21.2. The van der Waals surface area contributed by atoms with E-state index in [-0.39, 0.29) is 24.2 Å². The number of aromatic nitrogens is 1. The van der Waals surface area contributed by atoms with Crippen LogP contribution >= 0.6 is 0 Å². The average Bonchev–Trinajstić information content (AvgIpc) is 2.71. The second-order valence-corrected chi connectivity index (χ2v) is 8.09. The number of carbonyl (C=O) groups is 1. The van der Waals surface area contributed by atoms with Gasteiger partial charge in [0.15, 0.2) is 0 Å². The van der Waals surface area contributed by atoms with Gasteiger partial charge in [-0.05, 0) is 51.2 Å². The molecular formula is C22H32N4O3. The minimum atomic E-state index is -0.164. The van der Waals surface area contributed by atoms with Gasteiger partial charge in [-0.2, -0.15) is 0 Å². The SMILES string of the molecule is COc1ccc2[nH]c(=O)c(CN(CCN(C)C)C(=O)NC3CCCCC3)cc2c1. The molecule has 0 spiro atoms. The number of rotatable bonds is 7. The van der Waals surface area contributed by atoms with Crippen LogP contribution in [0.15, 0.2) is 29.1 Å². The van der Waals surface area contributed by atoms with Crippen LogP contribution in [0.5, 0.6) is 5.75 Å². The van der Waals surface area contributed by atoms with Crippen LogP contribution in [0.25, 0.3) is 10.9 Å². The number of hydrogen-bond donors (Lipinski definition) is 2. The highest BCUT2D eigenvalue weighted by atomic mass is 16.5. The Morgan fingerprint density at radius 2 is 1.93 bits per heavy atom. The average molecular weight is 401 g/mol. The molecule has 1 fully saturated rings. The number of fused-ring (bicyclic) bond motifs is 1. The molecule has 3 rings (SSSR count). The molecule has 1 aliphatic carbocycles. The first-order chi connectivity index (χ1) is 14.0. The maximum Gasteiger partial charge on any atom is 0.317 e. The number of ether oxygens (including phenoxy) is 1. The smallest absolute Gasteiger partial charge is 0.317 e. The molecule has 0 bridgehead atoms. The Kier molecular flexibility index (Phi) is 7.14. The van der Waals surface area contributed by atoms with Gasteiger partial charge in [0.2, 0.25) is 0 Å². The Morgan fingerprint density at radius 3 is 2.62 bits per heavy atom. The molecule has 0 radical (unpaired) electrons. The fourth-order valence-corrected chi connectivity index (χ4v) is 3.77. The van der Waals surface area contributed by atoms with Crippen LogP contribution in [0.2, 0.25) is 0 Å². The van der Waals surface area contributed by atoms with E-state index in [9.17, 15) is 9.59 Å². The fraction of sp³-hybridized carbons (Fsp3) is 0.545.